The van der Waals surface area contributed by atoms with E-state index in [0.29, 0.717) is 35.0 Å². The monoisotopic (exact) mass is 326 g/mol. The van der Waals surface area contributed by atoms with E-state index in [-0.39, 0.29) is 0 Å². The number of nitrogens with zero attached hydrogens (tertiary/aromatic N) is 2. The van der Waals surface area contributed by atoms with E-state index in [1.807, 2.05) is 0 Å². The van der Waals surface area contributed by atoms with Crippen LogP contribution in [-0.2, 0) is 11.5 Å². The number of aromatic nitrogens is 2. The van der Waals surface area contributed by atoms with Crippen molar-refractivity contribution in [3.8, 4) is 0 Å². The van der Waals surface area contributed by atoms with Gasteiger partial charge in [0.05, 0.1) is 0 Å². The summed E-state index contributed by atoms with van der Waals surface area (Å²) in [6.07, 6.45) is 1.65. The molecule has 2 aromatic rings. The van der Waals surface area contributed by atoms with Gasteiger partial charge in [0.15, 0.2) is 0 Å². The van der Waals surface area contributed by atoms with Crippen molar-refractivity contribution in [3.63, 3.8) is 0 Å². The fourth-order valence-corrected chi connectivity index (χ4v) is 2.91. The van der Waals surface area contributed by atoms with E-state index < -0.39 is 15.2 Å². The van der Waals surface area contributed by atoms with Crippen LogP contribution in [0.25, 0.3) is 11.0 Å². The first kappa shape index (κ1) is 16.5. The number of halogens is 1. The molecule has 0 atom stereocenters. The molecule has 2 aromatic heterocycles. The smallest absolute Gasteiger partial charge is 0.423 e. The summed E-state index contributed by atoms with van der Waals surface area (Å²) in [5.74, 6) is 0. The second-order valence-electron chi connectivity index (χ2n) is 6.28. The second-order valence-corrected chi connectivity index (χ2v) is 12.3. The summed E-state index contributed by atoms with van der Waals surface area (Å²) in [5.41, 5.74) is 1.00. The van der Waals surface area contributed by atoms with Crippen LogP contribution in [0.15, 0.2) is 18.3 Å². The van der Waals surface area contributed by atoms with Crippen LogP contribution >= 0.6 is 11.6 Å². The summed E-state index contributed by atoms with van der Waals surface area (Å²) in [6, 6.07) is 4.44. The lowest BCUT2D eigenvalue weighted by molar-refractivity contribution is 0.0899. The third kappa shape index (κ3) is 4.31. The zero-order chi connectivity index (χ0) is 15.6. The first-order chi connectivity index (χ1) is 9.78. The Hall–Kier alpha value is -0.858. The number of pyridine rings is 1. The molecular weight excluding hydrogens is 307 g/mol. The summed E-state index contributed by atoms with van der Waals surface area (Å²) >= 11 is 5.92. The quantitative estimate of drug-likeness (QED) is 0.481. The van der Waals surface area contributed by atoms with Crippen molar-refractivity contribution in [2.75, 3.05) is 6.61 Å². The van der Waals surface area contributed by atoms with Crippen molar-refractivity contribution in [3.05, 3.63) is 23.5 Å². The Morgan fingerprint density at radius 3 is 2.67 bits per heavy atom. The van der Waals surface area contributed by atoms with Crippen molar-refractivity contribution in [2.24, 2.45) is 0 Å². The van der Waals surface area contributed by atoms with Crippen LogP contribution in [0, 0.1) is 0 Å². The molecule has 8 heteroatoms. The minimum absolute atomic E-state index is 0.320. The van der Waals surface area contributed by atoms with Gasteiger partial charge >= 0.3 is 7.12 Å². The van der Waals surface area contributed by atoms with Crippen LogP contribution in [0.2, 0.25) is 30.8 Å². The summed E-state index contributed by atoms with van der Waals surface area (Å²) < 4.78 is 7.44. The lowest BCUT2D eigenvalue weighted by Crippen LogP contribution is -2.29. The highest BCUT2D eigenvalue weighted by molar-refractivity contribution is 6.76. The predicted octanol–water partition coefficient (Wildman–Crippen LogP) is 1.68. The SMILES string of the molecule is C[Si](C)(C)CCOCn1cc(B(O)O)c2ccc(Cl)nc21. The third-order valence-electron chi connectivity index (χ3n) is 3.22. The average molecular weight is 327 g/mol. The number of rotatable bonds is 6. The van der Waals surface area contributed by atoms with Crippen molar-refractivity contribution in [2.45, 2.75) is 32.4 Å². The predicted molar refractivity (Wildman–Crippen MR) is 88.7 cm³/mol. The van der Waals surface area contributed by atoms with Crippen molar-refractivity contribution in [1.29, 1.82) is 0 Å². The molecule has 2 heterocycles. The van der Waals surface area contributed by atoms with E-state index in [1.165, 1.54) is 0 Å². The molecule has 0 aromatic carbocycles. The zero-order valence-corrected chi connectivity index (χ0v) is 14.3. The van der Waals surface area contributed by atoms with Crippen LogP contribution in [0.4, 0.5) is 0 Å². The van der Waals surface area contributed by atoms with Gasteiger partial charge in [-0.1, -0.05) is 31.2 Å². The Morgan fingerprint density at radius 1 is 1.33 bits per heavy atom. The average Bonchev–Trinajstić information content (AvgIpc) is 2.72. The topological polar surface area (TPSA) is 67.5 Å². The molecule has 2 N–H and O–H groups in total. The molecule has 114 valence electrons. The molecule has 0 unspecified atom stereocenters. The molecular formula is C13H20BClN2O3Si. The van der Waals surface area contributed by atoms with Gasteiger partial charge in [-0.05, 0) is 18.2 Å². The Morgan fingerprint density at radius 2 is 2.05 bits per heavy atom. The number of hydrogen-bond acceptors (Lipinski definition) is 4. The van der Waals surface area contributed by atoms with Crippen LogP contribution in [0.1, 0.15) is 0 Å². The Balaban J connectivity index is 2.17. The van der Waals surface area contributed by atoms with E-state index in [4.69, 9.17) is 16.3 Å². The normalized spacial score (nSPS) is 12.1. The lowest BCUT2D eigenvalue weighted by atomic mass is 9.80. The summed E-state index contributed by atoms with van der Waals surface area (Å²) in [6.45, 7) is 7.89. The number of fused-ring (bicyclic) bond motifs is 1. The van der Waals surface area contributed by atoms with Crippen LogP contribution in [0.5, 0.6) is 0 Å². The molecule has 0 bridgehead atoms. The van der Waals surface area contributed by atoms with Gasteiger partial charge < -0.3 is 19.4 Å². The molecule has 2 rings (SSSR count). The Kier molecular flexibility index (Phi) is 5.11. The molecule has 21 heavy (non-hydrogen) atoms. The molecule has 0 saturated carbocycles. The van der Waals surface area contributed by atoms with Gasteiger partial charge in [0.1, 0.15) is 17.5 Å². The first-order valence-corrected chi connectivity index (χ1v) is 11.0. The molecule has 0 aliphatic carbocycles. The molecule has 0 spiro atoms. The standard InChI is InChI=1S/C13H20BClN2O3Si/c1-21(2,3)7-6-20-9-17-8-11(14(18)19)10-4-5-12(15)16-13(10)17/h4-5,8,18-19H,6-7,9H2,1-3H3. The van der Waals surface area contributed by atoms with Gasteiger partial charge in [0.25, 0.3) is 0 Å². The van der Waals surface area contributed by atoms with Gasteiger partial charge in [-0.2, -0.15) is 0 Å². The molecule has 0 fully saturated rings. The molecule has 0 aliphatic rings. The highest BCUT2D eigenvalue weighted by Crippen LogP contribution is 2.16. The number of hydrogen-bond donors (Lipinski definition) is 2. The van der Waals surface area contributed by atoms with Gasteiger partial charge in [-0.25, -0.2) is 4.98 Å². The van der Waals surface area contributed by atoms with Crippen molar-refractivity contribution in [1.82, 2.24) is 9.55 Å². The lowest BCUT2D eigenvalue weighted by Gasteiger charge is -2.15. The molecule has 0 aliphatic heterocycles. The minimum atomic E-state index is -1.54. The van der Waals surface area contributed by atoms with E-state index in [9.17, 15) is 10.0 Å². The third-order valence-corrected chi connectivity index (χ3v) is 5.14. The molecule has 5 nitrogen and oxygen atoms in total. The van der Waals surface area contributed by atoms with Gasteiger partial charge in [0.2, 0.25) is 0 Å². The summed E-state index contributed by atoms with van der Waals surface area (Å²) in [7, 11) is -2.66. The van der Waals surface area contributed by atoms with E-state index in [1.54, 1.807) is 22.9 Å². The van der Waals surface area contributed by atoms with Crippen LogP contribution in [-0.4, -0.2) is 41.4 Å². The maximum Gasteiger partial charge on any atom is 0.490 e. The molecule has 0 radical (unpaired) electrons. The highest BCUT2D eigenvalue weighted by Gasteiger charge is 2.20. The van der Waals surface area contributed by atoms with Gasteiger partial charge in [-0.15, -0.1) is 0 Å². The number of ether oxygens (including phenoxy) is 1. The van der Waals surface area contributed by atoms with Gasteiger partial charge in [-0.3, -0.25) is 0 Å². The van der Waals surface area contributed by atoms with Crippen LogP contribution < -0.4 is 5.46 Å². The van der Waals surface area contributed by atoms with Crippen molar-refractivity contribution < 1.29 is 14.8 Å². The Labute approximate surface area is 130 Å². The Bertz CT molecular complexity index is 628. The maximum atomic E-state index is 9.43. The molecule has 0 amide bonds. The fourth-order valence-electron chi connectivity index (χ4n) is 2.01. The zero-order valence-electron chi connectivity index (χ0n) is 12.5. The maximum absolute atomic E-state index is 9.43. The van der Waals surface area contributed by atoms with E-state index >= 15 is 0 Å². The molecule has 0 saturated heterocycles. The summed E-state index contributed by atoms with van der Waals surface area (Å²) in [5, 5.41) is 19.9. The van der Waals surface area contributed by atoms with Gasteiger partial charge in [0, 0.05) is 31.7 Å². The minimum Gasteiger partial charge on any atom is -0.423 e. The van der Waals surface area contributed by atoms with E-state index in [2.05, 4.69) is 24.6 Å². The fraction of sp³-hybridized carbons (Fsp3) is 0.462. The van der Waals surface area contributed by atoms with Crippen molar-refractivity contribution >= 4 is 43.3 Å². The second kappa shape index (κ2) is 6.50. The van der Waals surface area contributed by atoms with E-state index in [0.717, 1.165) is 6.04 Å². The first-order valence-electron chi connectivity index (χ1n) is 6.87. The largest absolute Gasteiger partial charge is 0.490 e. The highest BCUT2D eigenvalue weighted by atomic mass is 35.5. The summed E-state index contributed by atoms with van der Waals surface area (Å²) in [4.78, 5) is 4.24. The van der Waals surface area contributed by atoms with Crippen LogP contribution in [0.3, 0.4) is 0 Å².